The van der Waals surface area contributed by atoms with Gasteiger partial charge in [-0.2, -0.15) is 0 Å². The molecule has 2 nitrogen and oxygen atoms in total. The van der Waals surface area contributed by atoms with Crippen LogP contribution in [0.5, 0.6) is 0 Å². The van der Waals surface area contributed by atoms with Crippen LogP contribution in [0.1, 0.15) is 45.4 Å². The molecule has 0 spiro atoms. The highest BCUT2D eigenvalue weighted by Crippen LogP contribution is 2.41. The maximum absolute atomic E-state index is 13.1. The number of nitrogens with two attached hydrogens (primary N) is 1. The second kappa shape index (κ2) is 4.81. The van der Waals surface area contributed by atoms with E-state index in [4.69, 9.17) is 10.5 Å². The van der Waals surface area contributed by atoms with E-state index in [1.54, 1.807) is 0 Å². The molecular formula is C13H23F2NO. The molecule has 2 saturated carbocycles. The Hall–Kier alpha value is -0.220. The van der Waals surface area contributed by atoms with Crippen molar-refractivity contribution in [3.8, 4) is 0 Å². The first kappa shape index (κ1) is 13.2. The third kappa shape index (κ3) is 3.16. The first-order valence-corrected chi connectivity index (χ1v) is 6.67. The van der Waals surface area contributed by atoms with Crippen molar-refractivity contribution in [3.63, 3.8) is 0 Å². The minimum atomic E-state index is -2.47. The van der Waals surface area contributed by atoms with Gasteiger partial charge in [0.25, 0.3) is 0 Å². The molecule has 3 atom stereocenters. The Bertz CT molecular complexity index is 272. The van der Waals surface area contributed by atoms with Crippen LogP contribution in [0.15, 0.2) is 0 Å². The highest BCUT2D eigenvalue weighted by molar-refractivity contribution is 4.91. The summed E-state index contributed by atoms with van der Waals surface area (Å²) < 4.78 is 32.0. The van der Waals surface area contributed by atoms with Crippen molar-refractivity contribution in [2.45, 2.75) is 57.0 Å². The lowest BCUT2D eigenvalue weighted by atomic mass is 10.00. The van der Waals surface area contributed by atoms with E-state index in [9.17, 15) is 8.78 Å². The second-order valence-electron chi connectivity index (χ2n) is 6.01. The summed E-state index contributed by atoms with van der Waals surface area (Å²) in [5.74, 6) is -1.81. The van der Waals surface area contributed by atoms with Crippen molar-refractivity contribution in [2.24, 2.45) is 17.6 Å². The molecule has 17 heavy (non-hydrogen) atoms. The number of rotatable bonds is 4. The first-order chi connectivity index (χ1) is 7.95. The van der Waals surface area contributed by atoms with Crippen LogP contribution in [0.3, 0.4) is 0 Å². The van der Waals surface area contributed by atoms with Crippen LogP contribution in [-0.2, 0) is 4.74 Å². The van der Waals surface area contributed by atoms with Gasteiger partial charge < -0.3 is 10.5 Å². The molecule has 0 aromatic heterocycles. The molecule has 100 valence electrons. The predicted octanol–water partition coefficient (Wildman–Crippen LogP) is 2.96. The van der Waals surface area contributed by atoms with E-state index in [1.165, 1.54) is 0 Å². The fourth-order valence-electron chi connectivity index (χ4n) is 3.20. The van der Waals surface area contributed by atoms with Gasteiger partial charge in [0, 0.05) is 19.4 Å². The summed E-state index contributed by atoms with van der Waals surface area (Å²) in [6, 6.07) is 0. The van der Waals surface area contributed by atoms with Gasteiger partial charge in [-0.3, -0.25) is 0 Å². The number of halogens is 2. The van der Waals surface area contributed by atoms with E-state index < -0.39 is 5.92 Å². The Morgan fingerprint density at radius 2 is 2.00 bits per heavy atom. The molecule has 0 radical (unpaired) electrons. The zero-order valence-electron chi connectivity index (χ0n) is 10.6. The number of ether oxygens (including phenoxy) is 1. The molecular weight excluding hydrogens is 224 g/mol. The van der Waals surface area contributed by atoms with Gasteiger partial charge in [0.2, 0.25) is 5.92 Å². The maximum Gasteiger partial charge on any atom is 0.248 e. The molecule has 3 unspecified atom stereocenters. The van der Waals surface area contributed by atoms with Crippen LogP contribution in [0, 0.1) is 11.8 Å². The Morgan fingerprint density at radius 1 is 1.24 bits per heavy atom. The average Bonchev–Trinajstić information content (AvgIpc) is 2.80. The van der Waals surface area contributed by atoms with Gasteiger partial charge in [0.05, 0.1) is 12.2 Å². The van der Waals surface area contributed by atoms with E-state index in [2.05, 4.69) is 6.92 Å². The molecule has 0 aromatic carbocycles. The van der Waals surface area contributed by atoms with Gasteiger partial charge in [-0.15, -0.1) is 0 Å². The summed E-state index contributed by atoms with van der Waals surface area (Å²) in [6.07, 6.45) is 3.69. The van der Waals surface area contributed by atoms with Crippen molar-refractivity contribution >= 4 is 0 Å². The van der Waals surface area contributed by atoms with Crippen molar-refractivity contribution in [2.75, 3.05) is 13.2 Å². The van der Waals surface area contributed by atoms with E-state index in [0.717, 1.165) is 19.3 Å². The van der Waals surface area contributed by atoms with E-state index in [1.807, 2.05) is 0 Å². The van der Waals surface area contributed by atoms with Crippen molar-refractivity contribution < 1.29 is 13.5 Å². The molecule has 0 saturated heterocycles. The van der Waals surface area contributed by atoms with Gasteiger partial charge in [-0.05, 0) is 37.5 Å². The van der Waals surface area contributed by atoms with Crippen LogP contribution in [-0.4, -0.2) is 24.7 Å². The third-order valence-electron chi connectivity index (χ3n) is 4.32. The highest BCUT2D eigenvalue weighted by atomic mass is 19.3. The smallest absolute Gasteiger partial charge is 0.248 e. The summed E-state index contributed by atoms with van der Waals surface area (Å²) in [6.45, 7) is 3.17. The average molecular weight is 247 g/mol. The van der Waals surface area contributed by atoms with Gasteiger partial charge in [-0.25, -0.2) is 8.78 Å². The lowest BCUT2D eigenvalue weighted by molar-refractivity contribution is -0.0587. The standard InChI is InChI=1S/C13H23F2NO/c1-10-2-4-12(6-10,9-16)17-8-11-3-5-13(14,15)7-11/h10-11H,2-9,16H2,1H3. The van der Waals surface area contributed by atoms with Crippen molar-refractivity contribution in [1.82, 2.24) is 0 Å². The Kier molecular flexibility index (Phi) is 3.74. The fourth-order valence-corrected chi connectivity index (χ4v) is 3.20. The SMILES string of the molecule is CC1CCC(CN)(OCC2CCC(F)(F)C2)C1. The zero-order chi connectivity index (χ0) is 12.5. The lowest BCUT2D eigenvalue weighted by Gasteiger charge is -2.29. The number of hydrogen-bond acceptors (Lipinski definition) is 2. The quantitative estimate of drug-likeness (QED) is 0.829. The summed E-state index contributed by atoms with van der Waals surface area (Å²) in [4.78, 5) is 0. The maximum atomic E-state index is 13.1. The summed E-state index contributed by atoms with van der Waals surface area (Å²) in [5.41, 5.74) is 5.57. The van der Waals surface area contributed by atoms with Gasteiger partial charge >= 0.3 is 0 Å². The molecule has 0 amide bonds. The summed E-state index contributed by atoms with van der Waals surface area (Å²) in [5, 5.41) is 0. The largest absolute Gasteiger partial charge is 0.373 e. The molecule has 4 heteroatoms. The summed E-state index contributed by atoms with van der Waals surface area (Å²) in [7, 11) is 0. The van der Waals surface area contributed by atoms with Crippen LogP contribution in [0.25, 0.3) is 0 Å². The van der Waals surface area contributed by atoms with E-state index >= 15 is 0 Å². The zero-order valence-corrected chi connectivity index (χ0v) is 10.6. The molecule has 2 aliphatic carbocycles. The molecule has 0 bridgehead atoms. The van der Waals surface area contributed by atoms with Gasteiger partial charge in [-0.1, -0.05) is 6.92 Å². The molecule has 0 aromatic rings. The van der Waals surface area contributed by atoms with Crippen molar-refractivity contribution in [3.05, 3.63) is 0 Å². The molecule has 0 heterocycles. The number of alkyl halides is 2. The predicted molar refractivity (Wildman–Crippen MR) is 63.0 cm³/mol. The summed E-state index contributed by atoms with van der Waals surface area (Å²) >= 11 is 0. The van der Waals surface area contributed by atoms with Gasteiger partial charge in [0.1, 0.15) is 0 Å². The molecule has 2 rings (SSSR count). The topological polar surface area (TPSA) is 35.2 Å². The molecule has 2 aliphatic rings. The molecule has 2 fully saturated rings. The molecule has 2 N–H and O–H groups in total. The lowest BCUT2D eigenvalue weighted by Crippen LogP contribution is -2.39. The highest BCUT2D eigenvalue weighted by Gasteiger charge is 2.42. The minimum Gasteiger partial charge on any atom is -0.373 e. The Labute approximate surface area is 102 Å². The van der Waals surface area contributed by atoms with Crippen LogP contribution in [0.4, 0.5) is 8.78 Å². The van der Waals surface area contributed by atoms with E-state index in [-0.39, 0.29) is 24.4 Å². The fraction of sp³-hybridized carbons (Fsp3) is 1.00. The second-order valence-corrected chi connectivity index (χ2v) is 6.01. The Balaban J connectivity index is 1.81. The molecule has 0 aliphatic heterocycles. The Morgan fingerprint density at radius 3 is 2.47 bits per heavy atom. The van der Waals surface area contributed by atoms with Crippen LogP contribution >= 0.6 is 0 Å². The number of hydrogen-bond donors (Lipinski definition) is 1. The van der Waals surface area contributed by atoms with Crippen LogP contribution < -0.4 is 5.73 Å². The first-order valence-electron chi connectivity index (χ1n) is 6.67. The monoisotopic (exact) mass is 247 g/mol. The minimum absolute atomic E-state index is 0.0107. The van der Waals surface area contributed by atoms with Crippen LogP contribution in [0.2, 0.25) is 0 Å². The van der Waals surface area contributed by atoms with Crippen molar-refractivity contribution in [1.29, 1.82) is 0 Å². The van der Waals surface area contributed by atoms with Gasteiger partial charge in [0.15, 0.2) is 0 Å². The normalized spacial score (nSPS) is 40.9. The third-order valence-corrected chi connectivity index (χ3v) is 4.32. The van der Waals surface area contributed by atoms with E-state index in [0.29, 0.717) is 25.5 Å².